The largest absolute Gasteiger partial charge is 0.494 e. The summed E-state index contributed by atoms with van der Waals surface area (Å²) >= 11 is 0. The average Bonchev–Trinajstić information content (AvgIpc) is 3.16. The van der Waals surface area contributed by atoms with E-state index in [1.807, 2.05) is 38.1 Å². The molecular weight excluding hydrogens is 368 g/mol. The number of carbonyl (C=O) groups is 1. The number of para-hydroxylation sites is 1. The summed E-state index contributed by atoms with van der Waals surface area (Å²) in [5, 5.41) is 5.16. The zero-order valence-corrected chi connectivity index (χ0v) is 16.5. The van der Waals surface area contributed by atoms with Crippen LogP contribution in [0.15, 0.2) is 53.3 Å². The molecule has 0 aliphatic carbocycles. The third kappa shape index (κ3) is 3.51. The molecule has 0 aliphatic rings. The van der Waals surface area contributed by atoms with Crippen LogP contribution in [0.3, 0.4) is 0 Å². The lowest BCUT2D eigenvalue weighted by Gasteiger charge is -2.11. The first-order chi connectivity index (χ1) is 14.1. The van der Waals surface area contributed by atoms with Crippen molar-refractivity contribution in [2.24, 2.45) is 0 Å². The normalized spacial score (nSPS) is 11.2. The smallest absolute Gasteiger partial charge is 0.351 e. The lowest BCUT2D eigenvalue weighted by molar-refractivity contribution is 0.0971. The van der Waals surface area contributed by atoms with Crippen molar-refractivity contribution in [2.75, 3.05) is 6.61 Å². The first kappa shape index (κ1) is 18.9. The van der Waals surface area contributed by atoms with Gasteiger partial charge in [-0.1, -0.05) is 19.1 Å². The van der Waals surface area contributed by atoms with Gasteiger partial charge in [0.15, 0.2) is 17.3 Å². The zero-order chi connectivity index (χ0) is 20.4. The first-order valence-electron chi connectivity index (χ1n) is 9.75. The molecule has 0 radical (unpaired) electrons. The van der Waals surface area contributed by atoms with Gasteiger partial charge in [-0.2, -0.15) is 4.52 Å². The molecule has 0 atom stereocenters. The fourth-order valence-corrected chi connectivity index (χ4v) is 3.40. The van der Waals surface area contributed by atoms with Crippen molar-refractivity contribution in [1.29, 1.82) is 0 Å². The van der Waals surface area contributed by atoms with Crippen molar-refractivity contribution in [1.82, 2.24) is 19.2 Å². The molecule has 2 heterocycles. The van der Waals surface area contributed by atoms with Gasteiger partial charge in [0.1, 0.15) is 5.75 Å². The Morgan fingerprint density at radius 3 is 2.55 bits per heavy atom. The maximum Gasteiger partial charge on any atom is 0.351 e. The Kier molecular flexibility index (Phi) is 5.12. The Labute approximate surface area is 167 Å². The van der Waals surface area contributed by atoms with Crippen LogP contribution in [0, 0.1) is 0 Å². The average molecular weight is 390 g/mol. The fraction of sp³-hybridized carbons (Fsp3) is 0.273. The molecule has 0 bridgehead atoms. The minimum Gasteiger partial charge on any atom is -0.494 e. The predicted molar refractivity (Wildman–Crippen MR) is 111 cm³/mol. The van der Waals surface area contributed by atoms with Crippen LogP contribution in [0.5, 0.6) is 5.75 Å². The summed E-state index contributed by atoms with van der Waals surface area (Å²) in [6.45, 7) is 4.43. The number of fused-ring (bicyclic) bond motifs is 3. The zero-order valence-electron chi connectivity index (χ0n) is 16.5. The number of benzene rings is 2. The second-order valence-electron chi connectivity index (χ2n) is 6.78. The van der Waals surface area contributed by atoms with Crippen LogP contribution in [0.4, 0.5) is 0 Å². The Morgan fingerprint density at radius 2 is 1.83 bits per heavy atom. The van der Waals surface area contributed by atoms with Crippen LogP contribution >= 0.6 is 0 Å². The highest BCUT2D eigenvalue weighted by molar-refractivity contribution is 5.98. The number of hydrogen-bond donors (Lipinski definition) is 0. The van der Waals surface area contributed by atoms with E-state index in [1.165, 1.54) is 9.08 Å². The van der Waals surface area contributed by atoms with Gasteiger partial charge < -0.3 is 4.74 Å². The molecule has 4 rings (SSSR count). The third-order valence-corrected chi connectivity index (χ3v) is 4.76. The highest BCUT2D eigenvalue weighted by Crippen LogP contribution is 2.18. The van der Waals surface area contributed by atoms with Crippen molar-refractivity contribution >= 4 is 22.3 Å². The molecule has 7 heteroatoms. The summed E-state index contributed by atoms with van der Waals surface area (Å²) in [4.78, 5) is 30.5. The molecule has 0 amide bonds. The SMILES string of the molecule is CCCc1nc2c3ccccc3n(CC(=O)c3ccc(OCC)cc3)c(=O)n2n1. The Hall–Kier alpha value is -3.48. The van der Waals surface area contributed by atoms with Crippen LogP contribution in [0.2, 0.25) is 0 Å². The number of hydrogen-bond acceptors (Lipinski definition) is 5. The molecule has 0 saturated heterocycles. The molecule has 0 aliphatic heterocycles. The molecule has 148 valence electrons. The maximum atomic E-state index is 13.1. The number of carbonyl (C=O) groups excluding carboxylic acids is 1. The van der Waals surface area contributed by atoms with E-state index in [1.54, 1.807) is 24.3 Å². The number of ether oxygens (including phenoxy) is 1. The summed E-state index contributed by atoms with van der Waals surface area (Å²) in [5.41, 5.74) is 1.35. The van der Waals surface area contributed by atoms with Crippen molar-refractivity contribution in [2.45, 2.75) is 33.2 Å². The molecule has 7 nitrogen and oxygen atoms in total. The number of rotatable bonds is 7. The Balaban J connectivity index is 1.78. The minimum atomic E-state index is -0.368. The molecule has 29 heavy (non-hydrogen) atoms. The van der Waals surface area contributed by atoms with E-state index in [0.717, 1.165) is 11.8 Å². The summed E-state index contributed by atoms with van der Waals surface area (Å²) < 4.78 is 8.19. The summed E-state index contributed by atoms with van der Waals surface area (Å²) in [7, 11) is 0. The fourth-order valence-electron chi connectivity index (χ4n) is 3.40. The molecule has 0 spiro atoms. The predicted octanol–water partition coefficient (Wildman–Crippen LogP) is 3.28. The number of ketones is 1. The topological polar surface area (TPSA) is 78.5 Å². The van der Waals surface area contributed by atoms with Crippen LogP contribution < -0.4 is 10.4 Å². The van der Waals surface area contributed by atoms with Crippen LogP contribution in [-0.2, 0) is 13.0 Å². The number of aryl methyl sites for hydroxylation is 1. The van der Waals surface area contributed by atoms with Gasteiger partial charge in [0.2, 0.25) is 0 Å². The Morgan fingerprint density at radius 1 is 1.07 bits per heavy atom. The van der Waals surface area contributed by atoms with E-state index in [2.05, 4.69) is 10.1 Å². The highest BCUT2D eigenvalue weighted by atomic mass is 16.5. The van der Waals surface area contributed by atoms with Crippen LogP contribution in [0.1, 0.15) is 36.5 Å². The van der Waals surface area contributed by atoms with Crippen molar-refractivity contribution in [3.05, 3.63) is 70.4 Å². The molecular formula is C22H22N4O3. The van der Waals surface area contributed by atoms with Crippen LogP contribution in [-0.4, -0.2) is 31.6 Å². The Bertz CT molecular complexity index is 1240. The minimum absolute atomic E-state index is 0.0771. The molecule has 2 aromatic carbocycles. The second kappa shape index (κ2) is 7.87. The van der Waals surface area contributed by atoms with Gasteiger partial charge in [-0.25, -0.2) is 9.78 Å². The van der Waals surface area contributed by atoms with Gasteiger partial charge in [0.25, 0.3) is 0 Å². The highest BCUT2D eigenvalue weighted by Gasteiger charge is 2.17. The van der Waals surface area contributed by atoms with Gasteiger partial charge in [0, 0.05) is 17.4 Å². The second-order valence-corrected chi connectivity index (χ2v) is 6.78. The van der Waals surface area contributed by atoms with E-state index >= 15 is 0 Å². The molecule has 0 N–H and O–H groups in total. The number of nitrogens with zero attached hydrogens (tertiary/aromatic N) is 4. The van der Waals surface area contributed by atoms with Gasteiger partial charge >= 0.3 is 5.69 Å². The van der Waals surface area contributed by atoms with E-state index < -0.39 is 0 Å². The number of aromatic nitrogens is 4. The summed E-state index contributed by atoms with van der Waals surface area (Å²) in [6.07, 6.45) is 1.58. The van der Waals surface area contributed by atoms with Gasteiger partial charge in [-0.15, -0.1) is 5.10 Å². The van der Waals surface area contributed by atoms with E-state index in [9.17, 15) is 9.59 Å². The number of Topliss-reactive ketones (excluding diaryl/α,β-unsaturated/α-hetero) is 1. The van der Waals surface area contributed by atoms with E-state index in [0.29, 0.717) is 41.3 Å². The van der Waals surface area contributed by atoms with E-state index in [-0.39, 0.29) is 18.0 Å². The lowest BCUT2D eigenvalue weighted by Crippen LogP contribution is -2.30. The summed E-state index contributed by atoms with van der Waals surface area (Å²) in [6, 6.07) is 14.4. The van der Waals surface area contributed by atoms with Gasteiger partial charge in [-0.3, -0.25) is 9.36 Å². The van der Waals surface area contributed by atoms with Gasteiger partial charge in [0.05, 0.1) is 18.7 Å². The molecule has 4 aromatic rings. The first-order valence-corrected chi connectivity index (χ1v) is 9.75. The standard InChI is InChI=1S/C22H22N4O3/c1-3-7-20-23-21-17-8-5-6-9-18(17)25(22(28)26(21)24-20)14-19(27)15-10-12-16(13-11-15)29-4-2/h5-6,8-13H,3-4,7,14H2,1-2H3. The molecule has 0 unspecified atom stereocenters. The van der Waals surface area contributed by atoms with Crippen molar-refractivity contribution < 1.29 is 9.53 Å². The quantitative estimate of drug-likeness (QED) is 0.453. The van der Waals surface area contributed by atoms with Crippen molar-refractivity contribution in [3.63, 3.8) is 0 Å². The molecule has 2 aromatic heterocycles. The van der Waals surface area contributed by atoms with Crippen LogP contribution in [0.25, 0.3) is 16.6 Å². The lowest BCUT2D eigenvalue weighted by atomic mass is 10.1. The molecule has 0 fully saturated rings. The van der Waals surface area contributed by atoms with E-state index in [4.69, 9.17) is 4.74 Å². The summed E-state index contributed by atoms with van der Waals surface area (Å²) in [5.74, 6) is 1.18. The van der Waals surface area contributed by atoms with Crippen molar-refractivity contribution in [3.8, 4) is 5.75 Å². The molecule has 0 saturated carbocycles. The van der Waals surface area contributed by atoms with Gasteiger partial charge in [-0.05, 0) is 49.7 Å². The monoisotopic (exact) mass is 390 g/mol. The third-order valence-electron chi connectivity index (χ3n) is 4.76. The maximum absolute atomic E-state index is 13.1.